The molecule has 3 rings (SSSR count). The minimum atomic E-state index is -2.10. The largest absolute Gasteiger partial charge is 0.466 e. The van der Waals surface area contributed by atoms with E-state index >= 15 is 0 Å². The molecule has 188 valence electrons. The Kier molecular flexibility index (Phi) is 8.39. The number of fused-ring (bicyclic) bond motifs is 1. The van der Waals surface area contributed by atoms with Crippen molar-refractivity contribution in [3.05, 3.63) is 48.4 Å². The van der Waals surface area contributed by atoms with E-state index in [0.29, 0.717) is 36.3 Å². The SMILES string of the molecule is CCOC(=O)CC(CCn1cnc2cnc(NC(=O)c3ccccc3)nc21)O[Si](C)(C)C(C)(C)C. The fourth-order valence-electron chi connectivity index (χ4n) is 3.33. The lowest BCUT2D eigenvalue weighted by atomic mass is 10.2. The number of amides is 1. The number of esters is 1. The van der Waals surface area contributed by atoms with Crippen LogP contribution in [-0.4, -0.2) is 52.4 Å². The molecule has 1 amide bonds. The van der Waals surface area contributed by atoms with Gasteiger partial charge in [0.25, 0.3) is 5.91 Å². The van der Waals surface area contributed by atoms with Gasteiger partial charge in [0.05, 0.1) is 31.7 Å². The Morgan fingerprint density at radius 3 is 2.51 bits per heavy atom. The summed E-state index contributed by atoms with van der Waals surface area (Å²) >= 11 is 0. The van der Waals surface area contributed by atoms with Gasteiger partial charge in [-0.15, -0.1) is 0 Å². The van der Waals surface area contributed by atoms with Gasteiger partial charge in [0.1, 0.15) is 5.52 Å². The maximum Gasteiger partial charge on any atom is 0.308 e. The summed E-state index contributed by atoms with van der Waals surface area (Å²) in [6, 6.07) is 8.90. The fraction of sp³-hybridized carbons (Fsp3) is 0.480. The molecule has 1 aromatic carbocycles. The van der Waals surface area contributed by atoms with Crippen molar-refractivity contribution in [2.45, 2.75) is 71.3 Å². The van der Waals surface area contributed by atoms with Crippen molar-refractivity contribution in [3.63, 3.8) is 0 Å². The summed E-state index contributed by atoms with van der Waals surface area (Å²) < 4.78 is 13.6. The molecular formula is C25H35N5O4Si. The van der Waals surface area contributed by atoms with Crippen LogP contribution in [0.3, 0.4) is 0 Å². The normalized spacial score (nSPS) is 13.0. The van der Waals surface area contributed by atoms with E-state index in [0.717, 1.165) is 0 Å². The average Bonchev–Trinajstić information content (AvgIpc) is 3.19. The third kappa shape index (κ3) is 6.95. The monoisotopic (exact) mass is 497 g/mol. The highest BCUT2D eigenvalue weighted by Crippen LogP contribution is 2.38. The molecule has 0 saturated carbocycles. The number of rotatable bonds is 10. The van der Waals surface area contributed by atoms with Crippen molar-refractivity contribution in [1.82, 2.24) is 19.5 Å². The summed E-state index contributed by atoms with van der Waals surface area (Å²) in [4.78, 5) is 37.9. The number of imidazole rings is 1. The lowest BCUT2D eigenvalue weighted by Crippen LogP contribution is -2.44. The van der Waals surface area contributed by atoms with Gasteiger partial charge in [0, 0.05) is 12.1 Å². The molecule has 0 aliphatic heterocycles. The molecule has 35 heavy (non-hydrogen) atoms. The third-order valence-electron chi connectivity index (χ3n) is 6.28. The fourth-order valence-corrected chi connectivity index (χ4v) is 4.72. The highest BCUT2D eigenvalue weighted by molar-refractivity contribution is 6.74. The first-order chi connectivity index (χ1) is 16.5. The Morgan fingerprint density at radius 1 is 1.14 bits per heavy atom. The summed E-state index contributed by atoms with van der Waals surface area (Å²) in [5.41, 5.74) is 1.75. The molecule has 2 aromatic heterocycles. The Hall–Kier alpha value is -3.11. The number of aromatic nitrogens is 4. The first kappa shape index (κ1) is 26.5. The zero-order valence-corrected chi connectivity index (χ0v) is 22.4. The lowest BCUT2D eigenvalue weighted by molar-refractivity contribution is -0.145. The van der Waals surface area contributed by atoms with Crippen molar-refractivity contribution < 1.29 is 18.8 Å². The van der Waals surface area contributed by atoms with E-state index in [-0.39, 0.29) is 35.4 Å². The predicted molar refractivity (Wildman–Crippen MR) is 138 cm³/mol. The first-order valence-corrected chi connectivity index (χ1v) is 14.8. The summed E-state index contributed by atoms with van der Waals surface area (Å²) in [7, 11) is -2.10. The Labute approximate surface area is 207 Å². The number of nitrogens with one attached hydrogen (secondary N) is 1. The van der Waals surface area contributed by atoms with Crippen LogP contribution in [0.5, 0.6) is 0 Å². The van der Waals surface area contributed by atoms with Crippen LogP contribution in [0.4, 0.5) is 5.95 Å². The molecule has 10 heteroatoms. The van der Waals surface area contributed by atoms with E-state index in [9.17, 15) is 9.59 Å². The number of nitrogens with zero attached hydrogens (tertiary/aromatic N) is 4. The molecular weight excluding hydrogens is 462 g/mol. The van der Waals surface area contributed by atoms with Gasteiger partial charge < -0.3 is 13.7 Å². The molecule has 0 aliphatic rings. The number of benzene rings is 1. The van der Waals surface area contributed by atoms with Crippen LogP contribution in [0.15, 0.2) is 42.9 Å². The van der Waals surface area contributed by atoms with Gasteiger partial charge in [-0.1, -0.05) is 39.0 Å². The molecule has 0 spiro atoms. The molecule has 1 atom stereocenters. The molecule has 0 fully saturated rings. The van der Waals surface area contributed by atoms with Gasteiger partial charge in [-0.05, 0) is 43.6 Å². The molecule has 2 heterocycles. The Morgan fingerprint density at radius 2 is 1.86 bits per heavy atom. The number of hydrogen-bond acceptors (Lipinski definition) is 7. The second-order valence-electron chi connectivity index (χ2n) is 9.96. The molecule has 3 aromatic rings. The van der Waals surface area contributed by atoms with Crippen LogP contribution < -0.4 is 5.32 Å². The van der Waals surface area contributed by atoms with Gasteiger partial charge in [-0.25, -0.2) is 9.97 Å². The van der Waals surface area contributed by atoms with Crippen LogP contribution in [0.25, 0.3) is 11.2 Å². The third-order valence-corrected chi connectivity index (χ3v) is 10.8. The topological polar surface area (TPSA) is 108 Å². The van der Waals surface area contributed by atoms with Crippen LogP contribution in [0.1, 0.15) is 50.9 Å². The minimum absolute atomic E-state index is 0.0146. The quantitative estimate of drug-likeness (QED) is 0.316. The highest BCUT2D eigenvalue weighted by atomic mass is 28.4. The van der Waals surface area contributed by atoms with E-state index in [1.54, 1.807) is 43.7 Å². The van der Waals surface area contributed by atoms with E-state index < -0.39 is 8.32 Å². The Balaban J connectivity index is 1.76. The molecule has 0 radical (unpaired) electrons. The molecule has 1 unspecified atom stereocenters. The Bertz CT molecular complexity index is 1160. The molecule has 0 bridgehead atoms. The van der Waals surface area contributed by atoms with Crippen LogP contribution in [-0.2, 0) is 20.5 Å². The molecule has 1 N–H and O–H groups in total. The van der Waals surface area contributed by atoms with E-state index in [1.807, 2.05) is 10.6 Å². The van der Waals surface area contributed by atoms with E-state index in [4.69, 9.17) is 9.16 Å². The first-order valence-electron chi connectivity index (χ1n) is 11.9. The summed E-state index contributed by atoms with van der Waals surface area (Å²) in [6.07, 6.45) is 3.77. The number of aryl methyl sites for hydroxylation is 1. The second kappa shape index (κ2) is 11.1. The van der Waals surface area contributed by atoms with Crippen molar-refractivity contribution in [3.8, 4) is 0 Å². The zero-order valence-electron chi connectivity index (χ0n) is 21.4. The zero-order chi connectivity index (χ0) is 25.6. The minimum Gasteiger partial charge on any atom is -0.466 e. The van der Waals surface area contributed by atoms with Crippen LogP contribution in [0, 0.1) is 0 Å². The van der Waals surface area contributed by atoms with Crippen LogP contribution >= 0.6 is 0 Å². The van der Waals surface area contributed by atoms with E-state index in [1.165, 1.54) is 0 Å². The molecule has 0 aliphatic carbocycles. The number of ether oxygens (including phenoxy) is 1. The average molecular weight is 498 g/mol. The number of carbonyl (C=O) groups excluding carboxylic acids is 2. The van der Waals surface area contributed by atoms with Crippen molar-refractivity contribution >= 4 is 37.3 Å². The maximum atomic E-state index is 12.5. The summed E-state index contributed by atoms with van der Waals surface area (Å²) in [5.74, 6) is -0.345. The second-order valence-corrected chi connectivity index (χ2v) is 14.7. The van der Waals surface area contributed by atoms with Crippen molar-refractivity contribution in [2.75, 3.05) is 11.9 Å². The summed E-state index contributed by atoms with van der Waals surface area (Å²) in [6.45, 7) is 13.5. The van der Waals surface area contributed by atoms with Gasteiger partial charge in [-0.2, -0.15) is 4.98 Å². The summed E-state index contributed by atoms with van der Waals surface area (Å²) in [5, 5.41) is 2.75. The highest BCUT2D eigenvalue weighted by Gasteiger charge is 2.39. The van der Waals surface area contributed by atoms with Crippen molar-refractivity contribution in [2.24, 2.45) is 0 Å². The van der Waals surface area contributed by atoms with Gasteiger partial charge in [0.2, 0.25) is 5.95 Å². The molecule has 9 nitrogen and oxygen atoms in total. The number of anilines is 1. The number of carbonyl (C=O) groups is 2. The van der Waals surface area contributed by atoms with E-state index in [2.05, 4.69) is 54.1 Å². The van der Waals surface area contributed by atoms with Gasteiger partial charge in [-0.3, -0.25) is 14.9 Å². The number of hydrogen-bond donors (Lipinski definition) is 1. The molecule has 0 saturated heterocycles. The van der Waals surface area contributed by atoms with Crippen molar-refractivity contribution in [1.29, 1.82) is 0 Å². The standard InChI is InChI=1S/C25H35N5O4Si/c1-7-33-21(31)15-19(34-35(5,6)25(2,3)4)13-14-30-17-27-20-16-26-24(28-22(20)30)29-23(32)18-11-9-8-10-12-18/h8-12,16-17,19H,7,13-15H2,1-6H3,(H,26,28,29,32). The maximum absolute atomic E-state index is 12.5. The smallest absolute Gasteiger partial charge is 0.308 e. The lowest BCUT2D eigenvalue weighted by Gasteiger charge is -2.39. The van der Waals surface area contributed by atoms with Gasteiger partial charge in [0.15, 0.2) is 14.0 Å². The van der Waals surface area contributed by atoms with Gasteiger partial charge >= 0.3 is 5.97 Å². The van der Waals surface area contributed by atoms with Crippen LogP contribution in [0.2, 0.25) is 18.1 Å². The predicted octanol–water partition coefficient (Wildman–Crippen LogP) is 4.81.